The average molecular weight is 317 g/mol. The van der Waals surface area contributed by atoms with E-state index < -0.39 is 0 Å². The Labute approximate surface area is 132 Å². The number of amides is 1. The van der Waals surface area contributed by atoms with Gasteiger partial charge in [0, 0.05) is 43.3 Å². The van der Waals surface area contributed by atoms with Crippen LogP contribution in [0.25, 0.3) is 0 Å². The van der Waals surface area contributed by atoms with Gasteiger partial charge in [-0.25, -0.2) is 0 Å². The lowest BCUT2D eigenvalue weighted by atomic mass is 10.1. The van der Waals surface area contributed by atoms with Gasteiger partial charge in [0.25, 0.3) is 5.91 Å². The maximum Gasteiger partial charge on any atom is 0.253 e. The molecule has 0 atom stereocenters. The number of carbonyl (C=O) groups excluding carboxylic acids is 1. The Morgan fingerprint density at radius 1 is 1.15 bits per heavy atom. The number of piperazine rings is 1. The number of carbonyl (C=O) groups is 1. The molecule has 0 aromatic heterocycles. The van der Waals surface area contributed by atoms with Crippen LogP contribution in [0.3, 0.4) is 0 Å². The van der Waals surface area contributed by atoms with Crippen molar-refractivity contribution in [3.8, 4) is 0 Å². The number of rotatable bonds is 3. The fourth-order valence-electron chi connectivity index (χ4n) is 2.42. The molecule has 0 N–H and O–H groups in total. The van der Waals surface area contributed by atoms with Gasteiger partial charge < -0.3 is 4.90 Å². The normalized spacial score (nSPS) is 16.1. The summed E-state index contributed by atoms with van der Waals surface area (Å²) in [4.78, 5) is 16.7. The van der Waals surface area contributed by atoms with Crippen molar-refractivity contribution in [2.24, 2.45) is 5.92 Å². The molecule has 0 spiro atoms. The van der Waals surface area contributed by atoms with E-state index in [1.165, 1.54) is 0 Å². The Morgan fingerprint density at radius 3 is 2.20 bits per heavy atom. The monoisotopic (exact) mass is 316 g/mol. The first-order chi connectivity index (χ1) is 9.06. The van der Waals surface area contributed by atoms with E-state index in [0.29, 0.717) is 10.9 Å². The number of hydrogen-bond donors (Lipinski definition) is 0. The van der Waals surface area contributed by atoms with Crippen LogP contribution in [0.1, 0.15) is 24.2 Å². The van der Waals surface area contributed by atoms with Crippen molar-refractivity contribution in [3.63, 3.8) is 0 Å². The van der Waals surface area contributed by atoms with Crippen LogP contribution in [0, 0.1) is 5.92 Å². The average Bonchev–Trinajstić information content (AvgIpc) is 2.39. The Morgan fingerprint density at radius 2 is 1.70 bits per heavy atom. The predicted octanol–water partition coefficient (Wildman–Crippen LogP) is 3.18. The van der Waals surface area contributed by atoms with E-state index in [1.807, 2.05) is 4.90 Å². The molecule has 112 valence electrons. The first-order valence-corrected chi connectivity index (χ1v) is 7.21. The number of nitrogens with zero attached hydrogens (tertiary/aromatic N) is 2. The fourth-order valence-corrected chi connectivity index (χ4v) is 2.55. The van der Waals surface area contributed by atoms with Gasteiger partial charge in [-0.1, -0.05) is 25.4 Å². The number of halogens is 2. The summed E-state index contributed by atoms with van der Waals surface area (Å²) in [6.07, 6.45) is 0. The highest BCUT2D eigenvalue weighted by atomic mass is 35.5. The Bertz CT molecular complexity index is 426. The molecule has 1 fully saturated rings. The van der Waals surface area contributed by atoms with Gasteiger partial charge in [-0.2, -0.15) is 0 Å². The maximum atomic E-state index is 12.3. The summed E-state index contributed by atoms with van der Waals surface area (Å²) in [6.45, 7) is 9.14. The van der Waals surface area contributed by atoms with E-state index >= 15 is 0 Å². The van der Waals surface area contributed by atoms with E-state index in [-0.39, 0.29) is 18.3 Å². The summed E-state index contributed by atoms with van der Waals surface area (Å²) in [5.41, 5.74) is 0.724. The molecule has 0 aliphatic carbocycles. The van der Waals surface area contributed by atoms with Crippen molar-refractivity contribution < 1.29 is 4.79 Å². The molecular weight excluding hydrogens is 295 g/mol. The molecule has 0 bridgehead atoms. The lowest BCUT2D eigenvalue weighted by molar-refractivity contribution is 0.0624. The van der Waals surface area contributed by atoms with Crippen molar-refractivity contribution in [3.05, 3.63) is 34.9 Å². The third kappa shape index (κ3) is 4.65. The molecule has 1 heterocycles. The topological polar surface area (TPSA) is 23.6 Å². The lowest BCUT2D eigenvalue weighted by Gasteiger charge is -2.35. The molecule has 2 rings (SSSR count). The van der Waals surface area contributed by atoms with E-state index in [1.54, 1.807) is 24.3 Å². The van der Waals surface area contributed by atoms with Gasteiger partial charge in [-0.05, 0) is 30.2 Å². The first-order valence-electron chi connectivity index (χ1n) is 6.83. The minimum absolute atomic E-state index is 0. The van der Waals surface area contributed by atoms with Crippen LogP contribution in [0.2, 0.25) is 5.02 Å². The summed E-state index contributed by atoms with van der Waals surface area (Å²) >= 11 is 5.84. The zero-order valence-electron chi connectivity index (χ0n) is 12.0. The Balaban J connectivity index is 0.00000200. The summed E-state index contributed by atoms with van der Waals surface area (Å²) in [7, 11) is 0. The van der Waals surface area contributed by atoms with Crippen LogP contribution in [-0.2, 0) is 0 Å². The molecule has 1 saturated heterocycles. The third-order valence-corrected chi connectivity index (χ3v) is 3.63. The minimum Gasteiger partial charge on any atom is -0.336 e. The summed E-state index contributed by atoms with van der Waals surface area (Å²) in [6, 6.07) is 7.13. The molecule has 0 radical (unpaired) electrons. The molecule has 3 nitrogen and oxygen atoms in total. The van der Waals surface area contributed by atoms with Gasteiger partial charge in [0.15, 0.2) is 0 Å². The Hall–Kier alpha value is -0.770. The second-order valence-electron chi connectivity index (χ2n) is 5.49. The van der Waals surface area contributed by atoms with Crippen molar-refractivity contribution in [1.29, 1.82) is 0 Å². The lowest BCUT2D eigenvalue weighted by Crippen LogP contribution is -2.49. The second-order valence-corrected chi connectivity index (χ2v) is 5.93. The van der Waals surface area contributed by atoms with Crippen molar-refractivity contribution >= 4 is 29.9 Å². The van der Waals surface area contributed by atoms with Crippen LogP contribution in [0.4, 0.5) is 0 Å². The van der Waals surface area contributed by atoms with E-state index in [9.17, 15) is 4.79 Å². The molecule has 5 heteroatoms. The highest BCUT2D eigenvalue weighted by Gasteiger charge is 2.22. The number of benzene rings is 1. The quantitative estimate of drug-likeness (QED) is 0.855. The van der Waals surface area contributed by atoms with Crippen molar-refractivity contribution in [1.82, 2.24) is 9.80 Å². The molecule has 1 aromatic rings. The van der Waals surface area contributed by atoms with Crippen LogP contribution < -0.4 is 0 Å². The molecule has 1 aromatic carbocycles. The summed E-state index contributed by atoms with van der Waals surface area (Å²) < 4.78 is 0. The molecule has 0 unspecified atom stereocenters. The van der Waals surface area contributed by atoms with Crippen LogP contribution >= 0.6 is 24.0 Å². The second kappa shape index (κ2) is 7.87. The highest BCUT2D eigenvalue weighted by Crippen LogP contribution is 2.13. The molecule has 1 amide bonds. The molecule has 1 aliphatic heterocycles. The van der Waals surface area contributed by atoms with Crippen molar-refractivity contribution in [2.75, 3.05) is 32.7 Å². The number of hydrogen-bond acceptors (Lipinski definition) is 2. The highest BCUT2D eigenvalue weighted by molar-refractivity contribution is 6.30. The summed E-state index contributed by atoms with van der Waals surface area (Å²) in [5.74, 6) is 0.791. The van der Waals surface area contributed by atoms with E-state index in [0.717, 1.165) is 38.3 Å². The molecule has 0 saturated carbocycles. The largest absolute Gasteiger partial charge is 0.336 e. The fraction of sp³-hybridized carbons (Fsp3) is 0.533. The first kappa shape index (κ1) is 17.3. The molecule has 1 aliphatic rings. The van der Waals surface area contributed by atoms with E-state index in [4.69, 9.17) is 11.6 Å². The smallest absolute Gasteiger partial charge is 0.253 e. The van der Waals surface area contributed by atoms with Gasteiger partial charge in [-0.3, -0.25) is 9.69 Å². The third-order valence-electron chi connectivity index (χ3n) is 3.37. The van der Waals surface area contributed by atoms with Gasteiger partial charge >= 0.3 is 0 Å². The predicted molar refractivity (Wildman–Crippen MR) is 85.9 cm³/mol. The van der Waals surface area contributed by atoms with Crippen LogP contribution in [0.5, 0.6) is 0 Å². The van der Waals surface area contributed by atoms with Gasteiger partial charge in [-0.15, -0.1) is 12.4 Å². The van der Waals surface area contributed by atoms with Crippen LogP contribution in [0.15, 0.2) is 24.3 Å². The zero-order valence-corrected chi connectivity index (χ0v) is 13.6. The van der Waals surface area contributed by atoms with Crippen molar-refractivity contribution in [2.45, 2.75) is 13.8 Å². The van der Waals surface area contributed by atoms with Gasteiger partial charge in [0.05, 0.1) is 0 Å². The maximum absolute atomic E-state index is 12.3. The standard InChI is InChI=1S/C15H21ClN2O.ClH/c1-12(2)11-17-7-9-18(10-8-17)15(19)13-3-5-14(16)6-4-13;/h3-6,12H,7-11H2,1-2H3;1H. The SMILES string of the molecule is CC(C)CN1CCN(C(=O)c2ccc(Cl)cc2)CC1.Cl. The molecular formula is C15H22Cl2N2O. The van der Waals surface area contributed by atoms with E-state index in [2.05, 4.69) is 18.7 Å². The Kier molecular flexibility index (Phi) is 6.80. The van der Waals surface area contributed by atoms with Gasteiger partial charge in [0.1, 0.15) is 0 Å². The zero-order chi connectivity index (χ0) is 13.8. The molecule has 20 heavy (non-hydrogen) atoms. The summed E-state index contributed by atoms with van der Waals surface area (Å²) in [5, 5.41) is 0.665. The van der Waals surface area contributed by atoms with Crippen LogP contribution in [-0.4, -0.2) is 48.4 Å². The van der Waals surface area contributed by atoms with Gasteiger partial charge in [0.2, 0.25) is 0 Å². The minimum atomic E-state index is 0.